The largest absolute Gasteiger partial charge is 0.347 e. The second-order valence-corrected chi connectivity index (χ2v) is 5.30. The third-order valence-corrected chi connectivity index (χ3v) is 3.16. The van der Waals surface area contributed by atoms with Gasteiger partial charge in [-0.25, -0.2) is 9.78 Å². The SMILES string of the molecule is CC(C)c1nc(CCN(C)C(=O)Cn2cccnc2=O)no1. The van der Waals surface area contributed by atoms with Crippen molar-refractivity contribution in [3.05, 3.63) is 40.7 Å². The van der Waals surface area contributed by atoms with Crippen LogP contribution in [-0.4, -0.2) is 44.1 Å². The summed E-state index contributed by atoms with van der Waals surface area (Å²) >= 11 is 0. The first kappa shape index (κ1) is 15.9. The van der Waals surface area contributed by atoms with E-state index in [1.54, 1.807) is 13.1 Å². The van der Waals surface area contributed by atoms with E-state index in [0.29, 0.717) is 24.7 Å². The van der Waals surface area contributed by atoms with Gasteiger partial charge in [-0.05, 0) is 6.07 Å². The molecule has 0 radical (unpaired) electrons. The zero-order chi connectivity index (χ0) is 16.1. The topological polar surface area (TPSA) is 94.1 Å². The van der Waals surface area contributed by atoms with Gasteiger partial charge >= 0.3 is 5.69 Å². The highest BCUT2D eigenvalue weighted by molar-refractivity contribution is 5.75. The Balaban J connectivity index is 1.88. The van der Waals surface area contributed by atoms with Crippen molar-refractivity contribution in [2.24, 2.45) is 0 Å². The summed E-state index contributed by atoms with van der Waals surface area (Å²) in [7, 11) is 1.67. The molecule has 0 aliphatic heterocycles. The average Bonchev–Trinajstić information content (AvgIpc) is 2.96. The van der Waals surface area contributed by atoms with Crippen LogP contribution in [0.2, 0.25) is 0 Å². The van der Waals surface area contributed by atoms with E-state index in [1.165, 1.54) is 21.9 Å². The first-order valence-electron chi connectivity index (χ1n) is 7.05. The predicted molar refractivity (Wildman–Crippen MR) is 78.2 cm³/mol. The molecule has 0 aliphatic rings. The Morgan fingerprint density at radius 2 is 2.23 bits per heavy atom. The Hall–Kier alpha value is -2.51. The van der Waals surface area contributed by atoms with Gasteiger partial charge in [-0.2, -0.15) is 4.98 Å². The molecule has 0 aliphatic carbocycles. The van der Waals surface area contributed by atoms with Crippen molar-refractivity contribution < 1.29 is 9.32 Å². The number of aromatic nitrogens is 4. The Labute approximate surface area is 127 Å². The van der Waals surface area contributed by atoms with Crippen molar-refractivity contribution in [2.75, 3.05) is 13.6 Å². The van der Waals surface area contributed by atoms with Crippen molar-refractivity contribution in [1.29, 1.82) is 0 Å². The number of amides is 1. The van der Waals surface area contributed by atoms with Gasteiger partial charge in [0.25, 0.3) is 0 Å². The van der Waals surface area contributed by atoms with E-state index in [9.17, 15) is 9.59 Å². The van der Waals surface area contributed by atoms with Crippen LogP contribution in [0.25, 0.3) is 0 Å². The Bertz CT molecular complexity index is 692. The fraction of sp³-hybridized carbons (Fsp3) is 0.500. The third-order valence-electron chi connectivity index (χ3n) is 3.16. The number of carbonyl (C=O) groups excluding carboxylic acids is 1. The number of likely N-dealkylation sites (N-methyl/N-ethyl adjacent to an activating group) is 1. The second kappa shape index (κ2) is 6.97. The van der Waals surface area contributed by atoms with Crippen LogP contribution in [0.15, 0.2) is 27.8 Å². The van der Waals surface area contributed by atoms with E-state index in [4.69, 9.17) is 4.52 Å². The first-order chi connectivity index (χ1) is 10.5. The molecule has 8 heteroatoms. The van der Waals surface area contributed by atoms with Gasteiger partial charge in [-0.1, -0.05) is 19.0 Å². The molecular formula is C14H19N5O3. The Morgan fingerprint density at radius 3 is 2.86 bits per heavy atom. The van der Waals surface area contributed by atoms with Crippen molar-refractivity contribution >= 4 is 5.91 Å². The fourth-order valence-electron chi connectivity index (χ4n) is 1.77. The molecule has 2 aromatic heterocycles. The first-order valence-corrected chi connectivity index (χ1v) is 7.05. The highest BCUT2D eigenvalue weighted by Crippen LogP contribution is 2.11. The Kier molecular flexibility index (Phi) is 5.03. The lowest BCUT2D eigenvalue weighted by molar-refractivity contribution is -0.130. The quantitative estimate of drug-likeness (QED) is 0.769. The second-order valence-electron chi connectivity index (χ2n) is 5.30. The molecule has 0 N–H and O–H groups in total. The summed E-state index contributed by atoms with van der Waals surface area (Å²) < 4.78 is 6.38. The monoisotopic (exact) mass is 305 g/mol. The lowest BCUT2D eigenvalue weighted by atomic mass is 10.2. The van der Waals surface area contributed by atoms with Crippen molar-refractivity contribution in [3.63, 3.8) is 0 Å². The van der Waals surface area contributed by atoms with E-state index >= 15 is 0 Å². The molecule has 22 heavy (non-hydrogen) atoms. The average molecular weight is 305 g/mol. The summed E-state index contributed by atoms with van der Waals surface area (Å²) in [4.78, 5) is 32.9. The Morgan fingerprint density at radius 1 is 1.45 bits per heavy atom. The summed E-state index contributed by atoms with van der Waals surface area (Å²) in [5, 5.41) is 3.88. The zero-order valence-corrected chi connectivity index (χ0v) is 12.9. The summed E-state index contributed by atoms with van der Waals surface area (Å²) in [6.07, 6.45) is 3.44. The lowest BCUT2D eigenvalue weighted by Gasteiger charge is -2.16. The fourth-order valence-corrected chi connectivity index (χ4v) is 1.77. The number of carbonyl (C=O) groups is 1. The maximum absolute atomic E-state index is 12.1. The molecule has 0 saturated heterocycles. The third kappa shape index (κ3) is 4.00. The van der Waals surface area contributed by atoms with E-state index in [1.807, 2.05) is 13.8 Å². The summed E-state index contributed by atoms with van der Waals surface area (Å²) in [6.45, 7) is 4.36. The van der Waals surface area contributed by atoms with E-state index in [2.05, 4.69) is 15.1 Å². The van der Waals surface area contributed by atoms with Gasteiger partial charge in [0.1, 0.15) is 6.54 Å². The van der Waals surface area contributed by atoms with Crippen LogP contribution in [0, 0.1) is 0 Å². The van der Waals surface area contributed by atoms with Gasteiger partial charge in [0, 0.05) is 38.3 Å². The molecule has 0 saturated carbocycles. The van der Waals surface area contributed by atoms with Gasteiger partial charge in [-0.15, -0.1) is 0 Å². The molecule has 8 nitrogen and oxygen atoms in total. The lowest BCUT2D eigenvalue weighted by Crippen LogP contribution is -2.35. The number of hydrogen-bond donors (Lipinski definition) is 0. The van der Waals surface area contributed by atoms with Crippen LogP contribution in [0.5, 0.6) is 0 Å². The summed E-state index contributed by atoms with van der Waals surface area (Å²) in [5.41, 5.74) is -0.441. The molecule has 0 atom stereocenters. The highest BCUT2D eigenvalue weighted by atomic mass is 16.5. The molecule has 2 heterocycles. The van der Waals surface area contributed by atoms with Gasteiger partial charge < -0.3 is 9.42 Å². The van der Waals surface area contributed by atoms with Crippen molar-refractivity contribution in [1.82, 2.24) is 24.6 Å². The molecule has 0 unspecified atom stereocenters. The smallest absolute Gasteiger partial charge is 0.344 e. The molecule has 118 valence electrons. The van der Waals surface area contributed by atoms with E-state index in [0.717, 1.165) is 0 Å². The normalized spacial score (nSPS) is 10.9. The maximum atomic E-state index is 12.1. The minimum Gasteiger partial charge on any atom is -0.344 e. The molecule has 0 fully saturated rings. The summed E-state index contributed by atoms with van der Waals surface area (Å²) in [6, 6.07) is 1.61. The molecule has 2 rings (SSSR count). The molecular weight excluding hydrogens is 286 g/mol. The van der Waals surface area contributed by atoms with Gasteiger partial charge in [-0.3, -0.25) is 9.36 Å². The van der Waals surface area contributed by atoms with Crippen LogP contribution < -0.4 is 5.69 Å². The van der Waals surface area contributed by atoms with Gasteiger partial charge in [0.05, 0.1) is 0 Å². The van der Waals surface area contributed by atoms with Crippen LogP contribution in [0.1, 0.15) is 31.5 Å². The minimum absolute atomic E-state index is 0.0351. The molecule has 0 aromatic carbocycles. The molecule has 0 spiro atoms. The summed E-state index contributed by atoms with van der Waals surface area (Å²) in [5.74, 6) is 1.16. The van der Waals surface area contributed by atoms with E-state index in [-0.39, 0.29) is 18.4 Å². The molecule has 0 bridgehead atoms. The minimum atomic E-state index is -0.441. The highest BCUT2D eigenvalue weighted by Gasteiger charge is 2.13. The molecule has 1 amide bonds. The number of hydrogen-bond acceptors (Lipinski definition) is 6. The standard InChI is InChI=1S/C14H19N5O3/c1-10(2)13-16-11(17-22-13)5-8-18(3)12(20)9-19-7-4-6-15-14(19)21/h4,6-7,10H,5,8-9H2,1-3H3. The number of nitrogens with zero attached hydrogens (tertiary/aromatic N) is 5. The zero-order valence-electron chi connectivity index (χ0n) is 12.9. The molecule has 2 aromatic rings. The van der Waals surface area contributed by atoms with Crippen molar-refractivity contribution in [2.45, 2.75) is 32.7 Å². The predicted octanol–water partition coefficient (Wildman–Crippen LogP) is 0.451. The van der Waals surface area contributed by atoms with Crippen LogP contribution in [-0.2, 0) is 17.8 Å². The van der Waals surface area contributed by atoms with E-state index < -0.39 is 5.69 Å². The van der Waals surface area contributed by atoms with Crippen LogP contribution >= 0.6 is 0 Å². The van der Waals surface area contributed by atoms with Gasteiger partial charge in [0.15, 0.2) is 5.82 Å². The van der Waals surface area contributed by atoms with Crippen LogP contribution in [0.3, 0.4) is 0 Å². The van der Waals surface area contributed by atoms with Gasteiger partial charge in [0.2, 0.25) is 11.8 Å². The maximum Gasteiger partial charge on any atom is 0.347 e. The van der Waals surface area contributed by atoms with Crippen molar-refractivity contribution in [3.8, 4) is 0 Å². The van der Waals surface area contributed by atoms with Crippen LogP contribution in [0.4, 0.5) is 0 Å². The number of rotatable bonds is 6.